The Morgan fingerprint density at radius 1 is 0.900 bits per heavy atom. The summed E-state index contributed by atoms with van der Waals surface area (Å²) in [6, 6.07) is 13.6. The fourth-order valence-corrected chi connectivity index (χ4v) is 2.48. The Morgan fingerprint density at radius 2 is 1.65 bits per heavy atom. The molecule has 2 aliphatic heterocycles. The maximum absolute atomic E-state index is 5.90. The van der Waals surface area contributed by atoms with Crippen LogP contribution in [0.5, 0.6) is 23.0 Å². The fourth-order valence-electron chi connectivity index (χ4n) is 2.48. The van der Waals surface area contributed by atoms with Crippen molar-refractivity contribution in [3.63, 3.8) is 0 Å². The summed E-state index contributed by atoms with van der Waals surface area (Å²) in [5.41, 5.74) is 2.03. The number of fused-ring (bicyclic) bond motifs is 3. The summed E-state index contributed by atoms with van der Waals surface area (Å²) in [4.78, 5) is 4.53. The first-order valence-corrected chi connectivity index (χ1v) is 6.52. The summed E-state index contributed by atoms with van der Waals surface area (Å²) in [6.45, 7) is 0.974. The van der Waals surface area contributed by atoms with E-state index >= 15 is 0 Å². The van der Waals surface area contributed by atoms with E-state index in [1.165, 1.54) is 0 Å². The summed E-state index contributed by atoms with van der Waals surface area (Å²) >= 11 is 0. The van der Waals surface area contributed by atoms with Crippen molar-refractivity contribution in [1.29, 1.82) is 0 Å². The van der Waals surface area contributed by atoms with Crippen molar-refractivity contribution in [2.24, 2.45) is 0 Å². The third kappa shape index (κ3) is 1.39. The molecular formula is C16H10N2O2. The van der Waals surface area contributed by atoms with Gasteiger partial charge in [0.05, 0.1) is 12.2 Å². The molecule has 0 unspecified atom stereocenters. The molecule has 4 heteroatoms. The van der Waals surface area contributed by atoms with Gasteiger partial charge in [0.1, 0.15) is 5.82 Å². The highest BCUT2D eigenvalue weighted by atomic mass is 16.6. The first kappa shape index (κ1) is 10.1. The van der Waals surface area contributed by atoms with Crippen LogP contribution in [-0.4, -0.2) is 9.55 Å². The first-order chi connectivity index (χ1) is 9.87. The number of aromatic nitrogens is 2. The molecule has 0 atom stereocenters. The molecule has 0 saturated carbocycles. The maximum Gasteiger partial charge on any atom is 0.170 e. The number of rotatable bonds is 1. The van der Waals surface area contributed by atoms with Crippen LogP contribution in [0.1, 0.15) is 5.82 Å². The number of imidazole rings is 1. The zero-order chi connectivity index (χ0) is 13.1. The Morgan fingerprint density at radius 3 is 2.40 bits per heavy atom. The number of nitrogens with zero attached hydrogens (tertiary/aromatic N) is 2. The molecule has 4 nitrogen and oxygen atoms in total. The molecule has 3 aromatic rings. The van der Waals surface area contributed by atoms with Crippen LogP contribution >= 0.6 is 0 Å². The van der Waals surface area contributed by atoms with E-state index in [0.29, 0.717) is 0 Å². The Kier molecular flexibility index (Phi) is 1.72. The van der Waals surface area contributed by atoms with Gasteiger partial charge in [0, 0.05) is 11.8 Å². The van der Waals surface area contributed by atoms with Crippen LogP contribution in [0.3, 0.4) is 0 Å². The maximum atomic E-state index is 5.90. The van der Waals surface area contributed by atoms with Crippen molar-refractivity contribution >= 4 is 0 Å². The minimum Gasteiger partial charge on any atom is -0.450 e. The van der Waals surface area contributed by atoms with Gasteiger partial charge in [-0.2, -0.15) is 0 Å². The summed E-state index contributed by atoms with van der Waals surface area (Å²) in [5, 5.41) is 0. The average molecular weight is 262 g/mol. The third-order valence-corrected chi connectivity index (χ3v) is 3.60. The largest absolute Gasteiger partial charge is 0.450 e. The number of benzene rings is 2. The lowest BCUT2D eigenvalue weighted by Crippen LogP contribution is -1.98. The van der Waals surface area contributed by atoms with Gasteiger partial charge in [0.2, 0.25) is 0 Å². The van der Waals surface area contributed by atoms with E-state index in [2.05, 4.69) is 15.7 Å². The van der Waals surface area contributed by atoms with E-state index in [1.807, 2.05) is 42.5 Å². The Hall–Kier alpha value is -2.75. The number of hydrogen-bond acceptors (Lipinski definition) is 3. The van der Waals surface area contributed by atoms with E-state index in [4.69, 9.17) is 9.47 Å². The zero-order valence-corrected chi connectivity index (χ0v) is 10.5. The van der Waals surface area contributed by atoms with Gasteiger partial charge < -0.3 is 14.0 Å². The van der Waals surface area contributed by atoms with Gasteiger partial charge in [0.15, 0.2) is 23.0 Å². The van der Waals surface area contributed by atoms with E-state index < -0.39 is 0 Å². The second-order valence-electron chi connectivity index (χ2n) is 4.98. The standard InChI is InChI=1S/C16H10N2O2/c1-2-4-13-12(3-1)19-14-6-5-10(7-15(14)20-13)11-8-18-9-16(18)17-11/h1-8H,9H2. The predicted molar refractivity (Wildman–Crippen MR) is 73.4 cm³/mol. The van der Waals surface area contributed by atoms with Crippen LogP contribution in [0.25, 0.3) is 11.3 Å². The molecule has 0 aliphatic carbocycles. The van der Waals surface area contributed by atoms with Crippen LogP contribution < -0.4 is 9.47 Å². The van der Waals surface area contributed by atoms with E-state index in [9.17, 15) is 0 Å². The Bertz CT molecular complexity index is 832. The molecule has 1 aromatic heterocycles. The molecule has 0 bridgehead atoms. The van der Waals surface area contributed by atoms with Gasteiger partial charge in [-0.15, -0.1) is 0 Å². The molecule has 96 valence electrons. The van der Waals surface area contributed by atoms with Gasteiger partial charge in [-0.25, -0.2) is 4.98 Å². The van der Waals surface area contributed by atoms with Crippen molar-refractivity contribution in [1.82, 2.24) is 9.55 Å². The Balaban J connectivity index is 1.58. The lowest BCUT2D eigenvalue weighted by molar-refractivity contribution is 0.360. The quantitative estimate of drug-likeness (QED) is 0.461. The van der Waals surface area contributed by atoms with Crippen molar-refractivity contribution in [3.8, 4) is 34.3 Å². The molecule has 0 amide bonds. The Labute approximate surface area is 115 Å². The van der Waals surface area contributed by atoms with E-state index in [1.54, 1.807) is 0 Å². The summed E-state index contributed by atoms with van der Waals surface area (Å²) in [5.74, 6) is 4.11. The van der Waals surface area contributed by atoms with Gasteiger partial charge in [-0.1, -0.05) is 12.1 Å². The molecule has 2 aliphatic rings. The second kappa shape index (κ2) is 3.42. The molecule has 0 spiro atoms. The molecule has 0 saturated heterocycles. The molecule has 2 aromatic carbocycles. The lowest BCUT2D eigenvalue weighted by Gasteiger charge is -2.20. The predicted octanol–water partition coefficient (Wildman–Crippen LogP) is 3.81. The molecule has 0 fully saturated rings. The van der Waals surface area contributed by atoms with Crippen molar-refractivity contribution in [2.75, 3.05) is 0 Å². The van der Waals surface area contributed by atoms with Crippen LogP contribution in [0.4, 0.5) is 0 Å². The molecule has 3 heterocycles. The summed E-state index contributed by atoms with van der Waals surface area (Å²) in [7, 11) is 0. The van der Waals surface area contributed by atoms with E-state index in [0.717, 1.165) is 46.6 Å². The van der Waals surface area contributed by atoms with Crippen LogP contribution in [0, 0.1) is 0 Å². The van der Waals surface area contributed by atoms with Crippen LogP contribution in [0.15, 0.2) is 48.7 Å². The van der Waals surface area contributed by atoms with Gasteiger partial charge in [-0.05, 0) is 30.3 Å². The molecule has 0 N–H and O–H groups in total. The van der Waals surface area contributed by atoms with Gasteiger partial charge >= 0.3 is 0 Å². The minimum atomic E-state index is 0.734. The topological polar surface area (TPSA) is 36.3 Å². The highest BCUT2D eigenvalue weighted by Crippen LogP contribution is 2.46. The van der Waals surface area contributed by atoms with Crippen molar-refractivity contribution < 1.29 is 9.47 Å². The highest BCUT2D eigenvalue weighted by molar-refractivity contribution is 5.66. The third-order valence-electron chi connectivity index (χ3n) is 3.60. The second-order valence-corrected chi connectivity index (χ2v) is 4.98. The smallest absolute Gasteiger partial charge is 0.170 e. The van der Waals surface area contributed by atoms with Gasteiger partial charge in [-0.3, -0.25) is 0 Å². The number of ether oxygens (including phenoxy) is 2. The van der Waals surface area contributed by atoms with E-state index in [-0.39, 0.29) is 0 Å². The van der Waals surface area contributed by atoms with Crippen LogP contribution in [0.2, 0.25) is 0 Å². The molecule has 0 radical (unpaired) electrons. The van der Waals surface area contributed by atoms with Gasteiger partial charge in [0.25, 0.3) is 0 Å². The number of para-hydroxylation sites is 2. The van der Waals surface area contributed by atoms with Crippen LogP contribution in [-0.2, 0) is 6.54 Å². The first-order valence-electron chi connectivity index (χ1n) is 6.52. The fraction of sp³-hybridized carbons (Fsp3) is 0.0625. The molecule has 20 heavy (non-hydrogen) atoms. The van der Waals surface area contributed by atoms with Crippen molar-refractivity contribution in [2.45, 2.75) is 6.54 Å². The average Bonchev–Trinajstić information content (AvgIpc) is 3.10. The molecule has 5 rings (SSSR count). The molecular weight excluding hydrogens is 252 g/mol. The minimum absolute atomic E-state index is 0.734. The number of hydrogen-bond donors (Lipinski definition) is 0. The zero-order valence-electron chi connectivity index (χ0n) is 10.5. The summed E-state index contributed by atoms with van der Waals surface area (Å²) in [6.07, 6.45) is 2.06. The SMILES string of the molecule is c1ccc2c(c1)Oc1ccc(-c3cn4c(n3)C4)cc1O2. The monoisotopic (exact) mass is 262 g/mol. The summed E-state index contributed by atoms with van der Waals surface area (Å²) < 4.78 is 13.9. The highest BCUT2D eigenvalue weighted by Gasteiger charge is 2.22. The van der Waals surface area contributed by atoms with Crippen molar-refractivity contribution in [3.05, 3.63) is 54.5 Å². The lowest BCUT2D eigenvalue weighted by atomic mass is 10.1. The normalized spacial score (nSPS) is 13.6.